The van der Waals surface area contributed by atoms with E-state index in [9.17, 15) is 0 Å². The molecule has 0 unspecified atom stereocenters. The molecule has 0 aromatic rings. The van der Waals surface area contributed by atoms with Crippen molar-refractivity contribution in [3.05, 3.63) is 0 Å². The molecule has 0 radical (unpaired) electrons. The molecule has 0 saturated carbocycles. The molecular formula is C8H19N3S. The van der Waals surface area contributed by atoms with Crippen LogP contribution in [0.1, 0.15) is 13.8 Å². The third-order valence-electron chi connectivity index (χ3n) is 1.81. The summed E-state index contributed by atoms with van der Waals surface area (Å²) in [7, 11) is 2.11. The lowest BCUT2D eigenvalue weighted by atomic mass is 10.3. The Kier molecular flexibility index (Phi) is 6.02. The number of rotatable bonds is 0. The van der Waals surface area contributed by atoms with Crippen molar-refractivity contribution in [2.75, 3.05) is 33.2 Å². The quantitative estimate of drug-likeness (QED) is 0.563. The average Bonchev–Trinajstić information content (AvgIpc) is 2.09. The van der Waals surface area contributed by atoms with Gasteiger partial charge in [0, 0.05) is 26.2 Å². The minimum absolute atomic E-state index is 0.535. The van der Waals surface area contributed by atoms with E-state index in [4.69, 9.17) is 18.0 Å². The van der Waals surface area contributed by atoms with Gasteiger partial charge in [0.1, 0.15) is 0 Å². The fourth-order valence-corrected chi connectivity index (χ4v) is 1.21. The van der Waals surface area contributed by atoms with Crippen LogP contribution in [0.15, 0.2) is 0 Å². The summed E-state index contributed by atoms with van der Waals surface area (Å²) in [5.41, 5.74) is 5.45. The molecule has 1 fully saturated rings. The number of nitrogens with zero attached hydrogens (tertiary/aromatic N) is 2. The van der Waals surface area contributed by atoms with Gasteiger partial charge in [0.25, 0.3) is 0 Å². The van der Waals surface area contributed by atoms with E-state index in [1.165, 1.54) is 0 Å². The average molecular weight is 189 g/mol. The summed E-state index contributed by atoms with van der Waals surface area (Å²) < 4.78 is 0. The number of thiocarbonyl (C=S) groups is 1. The Morgan fingerprint density at radius 2 is 1.58 bits per heavy atom. The fourth-order valence-electron chi connectivity index (χ4n) is 1.03. The molecule has 0 aliphatic carbocycles. The molecule has 0 bridgehead atoms. The van der Waals surface area contributed by atoms with Gasteiger partial charge in [0.15, 0.2) is 5.11 Å². The molecule has 1 heterocycles. The highest BCUT2D eigenvalue weighted by molar-refractivity contribution is 7.80. The van der Waals surface area contributed by atoms with Crippen LogP contribution in [0.25, 0.3) is 0 Å². The van der Waals surface area contributed by atoms with Crippen LogP contribution in [-0.4, -0.2) is 48.1 Å². The van der Waals surface area contributed by atoms with Crippen LogP contribution < -0.4 is 5.73 Å². The largest absolute Gasteiger partial charge is 0.376 e. The van der Waals surface area contributed by atoms with Gasteiger partial charge >= 0.3 is 0 Å². The summed E-state index contributed by atoms with van der Waals surface area (Å²) in [5, 5.41) is 0.535. The molecule has 1 aliphatic heterocycles. The van der Waals surface area contributed by atoms with E-state index < -0.39 is 0 Å². The minimum atomic E-state index is 0.535. The predicted octanol–water partition coefficient (Wildman–Crippen LogP) is 0.504. The summed E-state index contributed by atoms with van der Waals surface area (Å²) in [4.78, 5) is 4.31. The van der Waals surface area contributed by atoms with Crippen LogP contribution in [0, 0.1) is 0 Å². The lowest BCUT2D eigenvalue weighted by molar-refractivity contribution is 0.216. The van der Waals surface area contributed by atoms with Crippen LogP contribution in [0.2, 0.25) is 0 Å². The van der Waals surface area contributed by atoms with E-state index in [0.29, 0.717) is 5.11 Å². The molecule has 72 valence electrons. The monoisotopic (exact) mass is 189 g/mol. The van der Waals surface area contributed by atoms with Crippen molar-refractivity contribution in [3.8, 4) is 0 Å². The number of likely N-dealkylation sites (N-methyl/N-ethyl adjacent to an activating group) is 1. The molecule has 1 saturated heterocycles. The molecule has 2 N–H and O–H groups in total. The third kappa shape index (κ3) is 3.88. The van der Waals surface area contributed by atoms with Gasteiger partial charge in [0.05, 0.1) is 0 Å². The standard InChI is InChI=1S/C6H13N3S.C2H6/c1-8-2-4-9(5-3-8)6(7)10;1-2/h2-5H2,1H3,(H2,7,10);1-2H3. The first kappa shape index (κ1) is 11.6. The lowest BCUT2D eigenvalue weighted by Gasteiger charge is -2.32. The Bertz CT molecular complexity index is 130. The summed E-state index contributed by atoms with van der Waals surface area (Å²) in [5.74, 6) is 0. The van der Waals surface area contributed by atoms with Gasteiger partial charge in [-0.25, -0.2) is 0 Å². The maximum absolute atomic E-state index is 5.45. The Labute approximate surface area is 80.5 Å². The smallest absolute Gasteiger partial charge is 0.166 e. The van der Waals surface area contributed by atoms with Gasteiger partial charge in [-0.05, 0) is 19.3 Å². The van der Waals surface area contributed by atoms with Crippen LogP contribution in [-0.2, 0) is 0 Å². The van der Waals surface area contributed by atoms with Crippen LogP contribution in [0.4, 0.5) is 0 Å². The third-order valence-corrected chi connectivity index (χ3v) is 2.07. The van der Waals surface area contributed by atoms with Crippen molar-refractivity contribution in [3.63, 3.8) is 0 Å². The number of piperazine rings is 1. The van der Waals surface area contributed by atoms with Gasteiger partial charge in [-0.1, -0.05) is 13.8 Å². The molecule has 0 aromatic carbocycles. The summed E-state index contributed by atoms with van der Waals surface area (Å²) >= 11 is 4.84. The highest BCUT2D eigenvalue weighted by Gasteiger charge is 2.13. The van der Waals surface area contributed by atoms with Crippen molar-refractivity contribution in [2.45, 2.75) is 13.8 Å². The number of hydrogen-bond donors (Lipinski definition) is 1. The Morgan fingerprint density at radius 3 is 1.92 bits per heavy atom. The second-order valence-corrected chi connectivity index (χ2v) is 3.05. The van der Waals surface area contributed by atoms with E-state index in [1.54, 1.807) is 0 Å². The second-order valence-electron chi connectivity index (χ2n) is 2.63. The number of nitrogens with two attached hydrogens (primary N) is 1. The first-order valence-corrected chi connectivity index (χ1v) is 4.84. The van der Waals surface area contributed by atoms with Gasteiger partial charge in [-0.3, -0.25) is 0 Å². The topological polar surface area (TPSA) is 32.5 Å². The van der Waals surface area contributed by atoms with Crippen LogP contribution in [0.3, 0.4) is 0 Å². The molecule has 12 heavy (non-hydrogen) atoms. The van der Waals surface area contributed by atoms with Crippen LogP contribution in [0.5, 0.6) is 0 Å². The number of hydrogen-bond acceptors (Lipinski definition) is 2. The molecule has 0 atom stereocenters. The van der Waals surface area contributed by atoms with Gasteiger partial charge in [-0.2, -0.15) is 0 Å². The van der Waals surface area contributed by atoms with Crippen molar-refractivity contribution >= 4 is 17.3 Å². The van der Waals surface area contributed by atoms with Crippen LogP contribution >= 0.6 is 12.2 Å². The molecule has 0 aromatic heterocycles. The Hall–Kier alpha value is -0.350. The SMILES string of the molecule is CC.CN1CCN(C(N)=S)CC1. The van der Waals surface area contributed by atoms with E-state index in [1.807, 2.05) is 18.7 Å². The zero-order valence-electron chi connectivity index (χ0n) is 8.21. The molecule has 1 aliphatic rings. The molecule has 1 rings (SSSR count). The van der Waals surface area contributed by atoms with Crippen molar-refractivity contribution in [2.24, 2.45) is 5.73 Å². The second kappa shape index (κ2) is 6.20. The van der Waals surface area contributed by atoms with Gasteiger partial charge in [-0.15, -0.1) is 0 Å². The zero-order valence-corrected chi connectivity index (χ0v) is 9.02. The van der Waals surface area contributed by atoms with E-state index >= 15 is 0 Å². The van der Waals surface area contributed by atoms with Gasteiger partial charge < -0.3 is 15.5 Å². The highest BCUT2D eigenvalue weighted by Crippen LogP contribution is 1.97. The molecular weight excluding hydrogens is 170 g/mol. The van der Waals surface area contributed by atoms with Crippen molar-refractivity contribution in [1.29, 1.82) is 0 Å². The van der Waals surface area contributed by atoms with Crippen molar-refractivity contribution in [1.82, 2.24) is 9.80 Å². The molecule has 0 amide bonds. The Balaban J connectivity index is 0.000000561. The first-order valence-electron chi connectivity index (χ1n) is 4.43. The lowest BCUT2D eigenvalue weighted by Crippen LogP contribution is -2.48. The van der Waals surface area contributed by atoms with E-state index in [-0.39, 0.29) is 0 Å². The summed E-state index contributed by atoms with van der Waals surface area (Å²) in [6, 6.07) is 0. The van der Waals surface area contributed by atoms with E-state index in [0.717, 1.165) is 26.2 Å². The maximum atomic E-state index is 5.45. The van der Waals surface area contributed by atoms with E-state index in [2.05, 4.69) is 11.9 Å². The summed E-state index contributed by atoms with van der Waals surface area (Å²) in [6.07, 6.45) is 0. The summed E-state index contributed by atoms with van der Waals surface area (Å²) in [6.45, 7) is 8.09. The predicted molar refractivity (Wildman–Crippen MR) is 57.2 cm³/mol. The van der Waals surface area contributed by atoms with Gasteiger partial charge in [0.2, 0.25) is 0 Å². The molecule has 3 nitrogen and oxygen atoms in total. The Morgan fingerprint density at radius 1 is 1.17 bits per heavy atom. The fraction of sp³-hybridized carbons (Fsp3) is 0.875. The first-order chi connectivity index (χ1) is 5.70. The maximum Gasteiger partial charge on any atom is 0.166 e. The zero-order chi connectivity index (χ0) is 9.56. The minimum Gasteiger partial charge on any atom is -0.376 e. The molecule has 0 spiro atoms. The highest BCUT2D eigenvalue weighted by atomic mass is 32.1. The normalized spacial score (nSPS) is 18.1. The van der Waals surface area contributed by atoms with Crippen molar-refractivity contribution < 1.29 is 0 Å². The molecule has 4 heteroatoms.